The number of thiazole rings is 1. The lowest BCUT2D eigenvalue weighted by atomic mass is 10.3. The summed E-state index contributed by atoms with van der Waals surface area (Å²) in [4.78, 5) is 9.44. The molecule has 6 heteroatoms. The topological polar surface area (TPSA) is 55.2 Å². The Labute approximate surface area is 114 Å². The molecule has 0 atom stereocenters. The molecule has 4 nitrogen and oxygen atoms in total. The molecule has 2 rings (SSSR count). The van der Waals surface area contributed by atoms with Gasteiger partial charge in [-0.1, -0.05) is 11.6 Å². The van der Waals surface area contributed by atoms with Crippen molar-refractivity contribution in [3.63, 3.8) is 0 Å². The molecule has 2 aromatic heterocycles. The third-order valence-electron chi connectivity index (χ3n) is 2.50. The van der Waals surface area contributed by atoms with Crippen molar-refractivity contribution in [1.82, 2.24) is 9.97 Å². The fourth-order valence-electron chi connectivity index (χ4n) is 1.47. The highest BCUT2D eigenvalue weighted by molar-refractivity contribution is 7.09. The number of nitrogens with zero attached hydrogens (tertiary/aromatic N) is 2. The lowest BCUT2D eigenvalue weighted by molar-refractivity contribution is 0.278. The number of aliphatic hydroxyl groups is 1. The summed E-state index contributed by atoms with van der Waals surface area (Å²) in [5.74, 6) is 0.477. The highest BCUT2D eigenvalue weighted by Crippen LogP contribution is 2.19. The maximum Gasteiger partial charge on any atom is 0.213 e. The molecule has 0 spiro atoms. The monoisotopic (exact) mass is 284 g/mol. The molecule has 0 aromatic carbocycles. The largest absolute Gasteiger partial charge is 0.477 e. The highest BCUT2D eigenvalue weighted by atomic mass is 35.5. The zero-order valence-corrected chi connectivity index (χ0v) is 11.5. The van der Waals surface area contributed by atoms with Crippen molar-refractivity contribution in [2.75, 3.05) is 6.61 Å². The van der Waals surface area contributed by atoms with Gasteiger partial charge >= 0.3 is 0 Å². The van der Waals surface area contributed by atoms with Gasteiger partial charge in [0.15, 0.2) is 0 Å². The van der Waals surface area contributed by atoms with Gasteiger partial charge < -0.3 is 9.84 Å². The number of aryl methyl sites for hydroxylation is 1. The van der Waals surface area contributed by atoms with Crippen molar-refractivity contribution in [2.24, 2.45) is 0 Å². The van der Waals surface area contributed by atoms with Gasteiger partial charge in [-0.05, 0) is 6.92 Å². The van der Waals surface area contributed by atoms with Gasteiger partial charge in [0.1, 0.15) is 0 Å². The molecule has 96 valence electrons. The summed E-state index contributed by atoms with van der Waals surface area (Å²) in [6.45, 7) is 2.39. The number of halogens is 1. The Hall–Kier alpha value is -1.17. The quantitative estimate of drug-likeness (QED) is 0.917. The summed E-state index contributed by atoms with van der Waals surface area (Å²) in [5, 5.41) is 9.53. The minimum absolute atomic E-state index is 0.119. The van der Waals surface area contributed by atoms with Crippen molar-refractivity contribution in [1.29, 1.82) is 0 Å². The molecular formula is C12H13ClN2O2S. The number of hydrogen-bond donors (Lipinski definition) is 1. The molecule has 0 bridgehead atoms. The Morgan fingerprint density at radius 1 is 1.44 bits per heavy atom. The SMILES string of the molecule is Cc1ncsc1CCOc1cc(CO)c(Cl)cn1. The Morgan fingerprint density at radius 3 is 2.94 bits per heavy atom. The third kappa shape index (κ3) is 3.19. The second-order valence-corrected chi connectivity index (χ2v) is 5.08. The van der Waals surface area contributed by atoms with Gasteiger partial charge in [0.2, 0.25) is 5.88 Å². The van der Waals surface area contributed by atoms with Gasteiger partial charge in [-0.2, -0.15) is 0 Å². The lowest BCUT2D eigenvalue weighted by Gasteiger charge is -2.06. The first-order valence-corrected chi connectivity index (χ1v) is 6.73. The van der Waals surface area contributed by atoms with Crippen LogP contribution in [-0.2, 0) is 13.0 Å². The Bertz CT molecular complexity index is 531. The van der Waals surface area contributed by atoms with Crippen LogP contribution in [0.1, 0.15) is 16.1 Å². The number of rotatable bonds is 5. The number of hydrogen-bond acceptors (Lipinski definition) is 5. The van der Waals surface area contributed by atoms with E-state index < -0.39 is 0 Å². The molecule has 18 heavy (non-hydrogen) atoms. The van der Waals surface area contributed by atoms with E-state index in [1.165, 1.54) is 11.1 Å². The van der Waals surface area contributed by atoms with Gasteiger partial charge in [-0.3, -0.25) is 0 Å². The fourth-order valence-corrected chi connectivity index (χ4v) is 2.40. The molecule has 0 aliphatic carbocycles. The van der Waals surface area contributed by atoms with Gasteiger partial charge in [-0.25, -0.2) is 9.97 Å². The van der Waals surface area contributed by atoms with Gasteiger partial charge in [-0.15, -0.1) is 11.3 Å². The molecule has 0 radical (unpaired) electrons. The lowest BCUT2D eigenvalue weighted by Crippen LogP contribution is -2.03. The zero-order valence-electron chi connectivity index (χ0n) is 9.89. The summed E-state index contributed by atoms with van der Waals surface area (Å²) < 4.78 is 5.53. The number of ether oxygens (including phenoxy) is 1. The van der Waals surface area contributed by atoms with Crippen LogP contribution in [0.15, 0.2) is 17.8 Å². The zero-order chi connectivity index (χ0) is 13.0. The molecule has 1 N–H and O–H groups in total. The van der Waals surface area contributed by atoms with E-state index in [4.69, 9.17) is 21.4 Å². The molecule has 0 amide bonds. The minimum atomic E-state index is -0.119. The standard InChI is InChI=1S/C12H13ClN2O2S/c1-8-11(18-7-15-8)2-3-17-12-4-9(6-16)10(13)5-14-12/h4-5,7,16H,2-3,6H2,1H3. The van der Waals surface area contributed by atoms with Crippen molar-refractivity contribution in [3.05, 3.63) is 38.9 Å². The van der Waals surface area contributed by atoms with Crippen LogP contribution in [0.2, 0.25) is 5.02 Å². The molecule has 0 saturated heterocycles. The molecule has 0 aliphatic heterocycles. The van der Waals surface area contributed by atoms with Crippen LogP contribution >= 0.6 is 22.9 Å². The predicted octanol–water partition coefficient (Wildman–Crippen LogP) is 2.61. The molecule has 2 aromatic rings. The van der Waals surface area contributed by atoms with E-state index in [2.05, 4.69) is 9.97 Å². The second kappa shape index (κ2) is 6.13. The van der Waals surface area contributed by atoms with E-state index in [1.807, 2.05) is 12.4 Å². The summed E-state index contributed by atoms with van der Waals surface area (Å²) in [6.07, 6.45) is 2.29. The van der Waals surface area contributed by atoms with E-state index in [0.717, 1.165) is 12.1 Å². The van der Waals surface area contributed by atoms with Crippen LogP contribution < -0.4 is 4.74 Å². The normalized spacial score (nSPS) is 10.6. The van der Waals surface area contributed by atoms with Crippen molar-refractivity contribution >= 4 is 22.9 Å². The molecule has 0 fully saturated rings. The average molecular weight is 285 g/mol. The van der Waals surface area contributed by atoms with Crippen LogP contribution in [0.4, 0.5) is 0 Å². The van der Waals surface area contributed by atoms with Crippen LogP contribution in [0.5, 0.6) is 5.88 Å². The van der Waals surface area contributed by atoms with Crippen molar-refractivity contribution < 1.29 is 9.84 Å². The number of aliphatic hydroxyl groups excluding tert-OH is 1. The summed E-state index contributed by atoms with van der Waals surface area (Å²) in [6, 6.07) is 1.65. The highest BCUT2D eigenvalue weighted by Gasteiger charge is 2.05. The summed E-state index contributed by atoms with van der Waals surface area (Å²) in [5.41, 5.74) is 3.49. The van der Waals surface area contributed by atoms with Crippen molar-refractivity contribution in [2.45, 2.75) is 20.0 Å². The second-order valence-electron chi connectivity index (χ2n) is 3.73. The first kappa shape index (κ1) is 13.3. The Balaban J connectivity index is 1.92. The van der Waals surface area contributed by atoms with Crippen LogP contribution in [0.3, 0.4) is 0 Å². The number of pyridine rings is 1. The fraction of sp³-hybridized carbons (Fsp3) is 0.333. The summed E-state index contributed by atoms with van der Waals surface area (Å²) in [7, 11) is 0. The minimum Gasteiger partial charge on any atom is -0.477 e. The maximum atomic E-state index is 9.08. The van der Waals surface area contributed by atoms with Crippen LogP contribution in [-0.4, -0.2) is 21.7 Å². The van der Waals surface area contributed by atoms with Gasteiger partial charge in [0, 0.05) is 29.1 Å². The van der Waals surface area contributed by atoms with E-state index in [1.54, 1.807) is 17.4 Å². The predicted molar refractivity (Wildman–Crippen MR) is 71.2 cm³/mol. The molecular weight excluding hydrogens is 272 g/mol. The molecule has 2 heterocycles. The Kier molecular flexibility index (Phi) is 4.52. The van der Waals surface area contributed by atoms with Crippen LogP contribution in [0.25, 0.3) is 0 Å². The first-order valence-electron chi connectivity index (χ1n) is 5.47. The molecule has 0 aliphatic rings. The molecule has 0 saturated carbocycles. The van der Waals surface area contributed by atoms with Crippen molar-refractivity contribution in [3.8, 4) is 5.88 Å². The van der Waals surface area contributed by atoms with Crippen LogP contribution in [0, 0.1) is 6.92 Å². The first-order chi connectivity index (χ1) is 8.70. The van der Waals surface area contributed by atoms with E-state index in [-0.39, 0.29) is 6.61 Å². The third-order valence-corrected chi connectivity index (χ3v) is 3.84. The average Bonchev–Trinajstić information content (AvgIpc) is 2.77. The smallest absolute Gasteiger partial charge is 0.213 e. The maximum absolute atomic E-state index is 9.08. The molecule has 0 unspecified atom stereocenters. The van der Waals surface area contributed by atoms with E-state index in [9.17, 15) is 0 Å². The number of aromatic nitrogens is 2. The van der Waals surface area contributed by atoms with Gasteiger partial charge in [0.25, 0.3) is 0 Å². The van der Waals surface area contributed by atoms with E-state index >= 15 is 0 Å². The van der Waals surface area contributed by atoms with Gasteiger partial charge in [0.05, 0.1) is 29.4 Å². The summed E-state index contributed by atoms with van der Waals surface area (Å²) >= 11 is 7.47. The Morgan fingerprint density at radius 2 is 2.28 bits per heavy atom. The van der Waals surface area contributed by atoms with E-state index in [0.29, 0.717) is 23.1 Å².